The Kier molecular flexibility index (Phi) is 6.96. The molecule has 4 heterocycles. The predicted octanol–water partition coefficient (Wildman–Crippen LogP) is 3.90. The minimum Gasteiger partial charge on any atom is -0.494 e. The zero-order valence-electron chi connectivity index (χ0n) is 23.1. The molecule has 2 amide bonds. The molecule has 2 aromatic carbocycles. The Morgan fingerprint density at radius 1 is 1.12 bits per heavy atom. The number of ether oxygens (including phenoxy) is 1. The van der Waals surface area contributed by atoms with E-state index in [0.717, 1.165) is 48.3 Å². The highest BCUT2D eigenvalue weighted by Crippen LogP contribution is 2.41. The molecule has 3 N–H and O–H groups in total. The molecule has 1 spiro atoms. The van der Waals surface area contributed by atoms with Crippen molar-refractivity contribution in [3.05, 3.63) is 72.1 Å². The lowest BCUT2D eigenvalue weighted by Gasteiger charge is -2.36. The maximum Gasteiger partial charge on any atom is 0.335 e. The first kappa shape index (κ1) is 26.6. The summed E-state index contributed by atoms with van der Waals surface area (Å²) < 4.78 is 7.26. The summed E-state index contributed by atoms with van der Waals surface area (Å²) in [7, 11) is 3.47. The van der Waals surface area contributed by atoms with Crippen molar-refractivity contribution in [1.29, 1.82) is 0 Å². The van der Waals surface area contributed by atoms with Crippen LogP contribution >= 0.6 is 0 Å². The zero-order valence-corrected chi connectivity index (χ0v) is 23.1. The summed E-state index contributed by atoms with van der Waals surface area (Å²) in [5, 5.41) is 20.4. The fourth-order valence-corrected chi connectivity index (χ4v) is 5.62. The summed E-state index contributed by atoms with van der Waals surface area (Å²) in [4.78, 5) is 32.2. The number of pyridine rings is 1. The van der Waals surface area contributed by atoms with Crippen molar-refractivity contribution >= 4 is 40.1 Å². The number of anilines is 3. The topological polar surface area (TPSA) is 125 Å². The molecule has 3 aliphatic rings. The number of nitrogens with zero attached hydrogens (tertiary/aromatic N) is 5. The van der Waals surface area contributed by atoms with Gasteiger partial charge in [-0.2, -0.15) is 5.10 Å². The average Bonchev–Trinajstić information content (AvgIpc) is 3.39. The monoisotopic (exact) mass is 555 g/mol. The van der Waals surface area contributed by atoms with Crippen LogP contribution in [-0.2, 0) is 13.5 Å². The number of urea groups is 1. The van der Waals surface area contributed by atoms with E-state index in [9.17, 15) is 9.59 Å². The Morgan fingerprint density at radius 2 is 1.93 bits per heavy atom. The molecule has 2 aliphatic heterocycles. The SMILES string of the molecule is COc1cc2nn(C)cc2cc1NC(=O)N1CCc2c(N3CCNC4(CC4)C3)ccnc21.O=C(O)c1ccccc1. The zero-order chi connectivity index (χ0) is 28.6. The molecule has 2 aromatic heterocycles. The third-order valence-electron chi connectivity index (χ3n) is 7.87. The highest BCUT2D eigenvalue weighted by molar-refractivity contribution is 6.05. The van der Waals surface area contributed by atoms with Gasteiger partial charge in [0.1, 0.15) is 11.6 Å². The molecule has 11 heteroatoms. The number of methoxy groups -OCH3 is 1. The third kappa shape index (κ3) is 5.40. The largest absolute Gasteiger partial charge is 0.494 e. The van der Waals surface area contributed by atoms with Gasteiger partial charge in [0.25, 0.3) is 0 Å². The van der Waals surface area contributed by atoms with E-state index in [1.165, 1.54) is 18.5 Å². The molecule has 0 unspecified atom stereocenters. The molecule has 11 nitrogen and oxygen atoms in total. The Morgan fingerprint density at radius 3 is 2.63 bits per heavy atom. The third-order valence-corrected chi connectivity index (χ3v) is 7.87. The van der Waals surface area contributed by atoms with Crippen LogP contribution in [0.15, 0.2) is 60.9 Å². The second-order valence-corrected chi connectivity index (χ2v) is 10.7. The molecule has 1 aliphatic carbocycles. The van der Waals surface area contributed by atoms with E-state index in [1.54, 1.807) is 47.0 Å². The van der Waals surface area contributed by atoms with Gasteiger partial charge in [-0.25, -0.2) is 14.6 Å². The summed E-state index contributed by atoms with van der Waals surface area (Å²) in [5.41, 5.74) is 4.45. The number of benzene rings is 2. The molecule has 41 heavy (non-hydrogen) atoms. The molecule has 0 radical (unpaired) electrons. The fraction of sp³-hybridized carbons (Fsp3) is 0.333. The summed E-state index contributed by atoms with van der Waals surface area (Å²) in [6, 6.07) is 13.9. The number of aromatic nitrogens is 3. The van der Waals surface area contributed by atoms with Crippen LogP contribution in [0.25, 0.3) is 10.9 Å². The van der Waals surface area contributed by atoms with Gasteiger partial charge in [-0.15, -0.1) is 0 Å². The lowest BCUT2D eigenvalue weighted by molar-refractivity contribution is 0.0697. The summed E-state index contributed by atoms with van der Waals surface area (Å²) >= 11 is 0. The number of aryl methyl sites for hydroxylation is 1. The minimum atomic E-state index is -0.879. The highest BCUT2D eigenvalue weighted by atomic mass is 16.5. The molecule has 4 aromatic rings. The van der Waals surface area contributed by atoms with Crippen LogP contribution in [0.4, 0.5) is 22.0 Å². The first-order chi connectivity index (χ1) is 19.9. The number of piperazine rings is 1. The number of nitrogens with one attached hydrogen (secondary N) is 2. The van der Waals surface area contributed by atoms with Gasteiger partial charge in [0.15, 0.2) is 0 Å². The molecule has 0 atom stereocenters. The van der Waals surface area contributed by atoms with Crippen molar-refractivity contribution < 1.29 is 19.4 Å². The van der Waals surface area contributed by atoms with Crippen molar-refractivity contribution in [2.75, 3.05) is 48.4 Å². The maximum absolute atomic E-state index is 13.3. The number of amides is 2. The molecule has 2 fully saturated rings. The van der Waals surface area contributed by atoms with Gasteiger partial charge >= 0.3 is 12.0 Å². The van der Waals surface area contributed by atoms with E-state index in [1.807, 2.05) is 31.6 Å². The smallest absolute Gasteiger partial charge is 0.335 e. The van der Waals surface area contributed by atoms with Crippen molar-refractivity contribution in [3.63, 3.8) is 0 Å². The highest BCUT2D eigenvalue weighted by Gasteiger charge is 2.46. The van der Waals surface area contributed by atoms with E-state index < -0.39 is 5.97 Å². The lowest BCUT2D eigenvalue weighted by atomic mass is 10.1. The molecule has 1 saturated heterocycles. The molecule has 212 valence electrons. The van der Waals surface area contributed by atoms with Crippen LogP contribution in [0, 0.1) is 0 Å². The van der Waals surface area contributed by atoms with Crippen molar-refractivity contribution in [3.8, 4) is 5.75 Å². The van der Waals surface area contributed by atoms with Gasteiger partial charge in [-0.3, -0.25) is 9.58 Å². The number of fused-ring (bicyclic) bond motifs is 2. The average molecular weight is 556 g/mol. The summed E-state index contributed by atoms with van der Waals surface area (Å²) in [5.74, 6) is 0.460. The van der Waals surface area contributed by atoms with E-state index in [2.05, 4.69) is 31.7 Å². The molecule has 0 bridgehead atoms. The number of rotatable bonds is 4. The van der Waals surface area contributed by atoms with Gasteiger partial charge in [-0.05, 0) is 43.5 Å². The van der Waals surface area contributed by atoms with E-state index in [4.69, 9.17) is 9.84 Å². The van der Waals surface area contributed by atoms with E-state index in [0.29, 0.717) is 29.1 Å². The molecular formula is C30H33N7O4. The van der Waals surface area contributed by atoms with Gasteiger partial charge in [0, 0.05) is 73.9 Å². The number of carboxylic acids is 1. The quantitative estimate of drug-likeness (QED) is 0.346. The van der Waals surface area contributed by atoms with Crippen LogP contribution < -0.4 is 25.2 Å². The van der Waals surface area contributed by atoms with E-state index >= 15 is 0 Å². The Bertz CT molecular complexity index is 1600. The lowest BCUT2D eigenvalue weighted by Crippen LogP contribution is -2.52. The van der Waals surface area contributed by atoms with Gasteiger partial charge in [0.2, 0.25) is 0 Å². The number of carbonyl (C=O) groups excluding carboxylic acids is 1. The van der Waals surface area contributed by atoms with Crippen molar-refractivity contribution in [2.45, 2.75) is 24.8 Å². The van der Waals surface area contributed by atoms with Gasteiger partial charge in [-0.1, -0.05) is 18.2 Å². The molecule has 1 saturated carbocycles. The number of carbonyl (C=O) groups is 2. The first-order valence-electron chi connectivity index (χ1n) is 13.7. The molecule has 7 rings (SSSR count). The number of carboxylic acid groups (broad SMARTS) is 1. The summed E-state index contributed by atoms with van der Waals surface area (Å²) in [6.07, 6.45) is 7.04. The van der Waals surface area contributed by atoms with Crippen molar-refractivity contribution in [2.24, 2.45) is 7.05 Å². The summed E-state index contributed by atoms with van der Waals surface area (Å²) in [6.45, 7) is 3.61. The number of hydrogen-bond acceptors (Lipinski definition) is 7. The Labute approximate surface area is 237 Å². The Hall–Kier alpha value is -4.64. The number of hydrogen-bond donors (Lipinski definition) is 3. The fourth-order valence-electron chi connectivity index (χ4n) is 5.62. The second-order valence-electron chi connectivity index (χ2n) is 10.7. The minimum absolute atomic E-state index is 0.200. The molecular weight excluding hydrogens is 522 g/mol. The van der Waals surface area contributed by atoms with Crippen molar-refractivity contribution in [1.82, 2.24) is 20.1 Å². The first-order valence-corrected chi connectivity index (χ1v) is 13.7. The van der Waals surface area contributed by atoms with Gasteiger partial charge < -0.3 is 25.4 Å². The van der Waals surface area contributed by atoms with Crippen LogP contribution in [0.2, 0.25) is 0 Å². The standard InChI is InChI=1S/C23H27N7O2.C7H6O2/c1-28-13-15-11-18(20(32-2)12-17(15)27-28)26-22(31)30-9-4-16-19(3-7-24-21(16)30)29-10-8-25-23(14-29)5-6-23;8-7(9)6-4-2-1-3-5-6/h3,7,11-13,25H,4-6,8-10,14H2,1-2H3,(H,26,31);1-5H,(H,8,9). The Balaban J connectivity index is 0.000000289. The van der Waals surface area contributed by atoms with Crippen LogP contribution in [-0.4, -0.2) is 70.7 Å². The second kappa shape index (κ2) is 10.7. The normalized spacial score (nSPS) is 16.6. The predicted molar refractivity (Wildman–Crippen MR) is 157 cm³/mol. The van der Waals surface area contributed by atoms with E-state index in [-0.39, 0.29) is 6.03 Å². The number of aromatic carboxylic acids is 1. The van der Waals surface area contributed by atoms with Crippen LogP contribution in [0.5, 0.6) is 5.75 Å². The van der Waals surface area contributed by atoms with Crippen LogP contribution in [0.3, 0.4) is 0 Å². The van der Waals surface area contributed by atoms with Crippen LogP contribution in [0.1, 0.15) is 28.8 Å². The van der Waals surface area contributed by atoms with Gasteiger partial charge in [0.05, 0.1) is 23.9 Å². The maximum atomic E-state index is 13.3.